The van der Waals surface area contributed by atoms with Gasteiger partial charge < -0.3 is 5.32 Å². The van der Waals surface area contributed by atoms with Crippen LogP contribution < -0.4 is 5.32 Å². The first kappa shape index (κ1) is 14.9. The number of hydrogen-bond acceptors (Lipinski definition) is 3. The molecule has 1 aliphatic rings. The zero-order chi connectivity index (χ0) is 13.5. The van der Waals surface area contributed by atoms with Crippen LogP contribution >= 0.6 is 11.8 Å². The summed E-state index contributed by atoms with van der Waals surface area (Å²) in [5.41, 5.74) is 1.18. The van der Waals surface area contributed by atoms with E-state index in [9.17, 15) is 0 Å². The highest BCUT2D eigenvalue weighted by Crippen LogP contribution is 2.27. The Hall–Kier alpha value is -0.480. The van der Waals surface area contributed by atoms with Gasteiger partial charge in [-0.1, -0.05) is 26.2 Å². The summed E-state index contributed by atoms with van der Waals surface area (Å²) < 4.78 is 2.20. The van der Waals surface area contributed by atoms with E-state index in [0.717, 1.165) is 18.3 Å². The minimum Gasteiger partial charge on any atom is -0.311 e. The van der Waals surface area contributed by atoms with Crippen LogP contribution in [0.3, 0.4) is 0 Å². The standard InChI is InChI=1S/C15H27N3S/c1-13(19-2)8-10-16-12-14-9-11-18(17-14)15-6-4-3-5-7-15/h9,11,13,15-16H,3-8,10,12H2,1-2H3. The highest BCUT2D eigenvalue weighted by Gasteiger charge is 2.15. The van der Waals surface area contributed by atoms with Gasteiger partial charge in [0.15, 0.2) is 0 Å². The topological polar surface area (TPSA) is 29.9 Å². The number of rotatable bonds is 7. The van der Waals surface area contributed by atoms with Gasteiger partial charge in [-0.05, 0) is 38.1 Å². The van der Waals surface area contributed by atoms with Crippen molar-refractivity contribution >= 4 is 11.8 Å². The van der Waals surface area contributed by atoms with E-state index in [0.29, 0.717) is 6.04 Å². The van der Waals surface area contributed by atoms with Gasteiger partial charge >= 0.3 is 0 Å². The van der Waals surface area contributed by atoms with Gasteiger partial charge in [0, 0.05) is 18.0 Å². The monoisotopic (exact) mass is 281 g/mol. The average molecular weight is 281 g/mol. The fraction of sp³-hybridized carbons (Fsp3) is 0.800. The van der Waals surface area contributed by atoms with Crippen LogP contribution in [0.2, 0.25) is 0 Å². The van der Waals surface area contributed by atoms with Crippen molar-refractivity contribution in [1.82, 2.24) is 15.1 Å². The second kappa shape index (κ2) is 7.95. The van der Waals surface area contributed by atoms with Gasteiger partial charge in [-0.3, -0.25) is 4.68 Å². The molecule has 0 aromatic carbocycles. The molecular formula is C15H27N3S. The maximum atomic E-state index is 4.72. The lowest BCUT2D eigenvalue weighted by Crippen LogP contribution is -2.19. The van der Waals surface area contributed by atoms with Gasteiger partial charge in [0.2, 0.25) is 0 Å². The normalized spacial score (nSPS) is 18.6. The Morgan fingerprint density at radius 2 is 2.21 bits per heavy atom. The molecule has 1 unspecified atom stereocenters. The molecule has 2 rings (SSSR count). The van der Waals surface area contributed by atoms with Crippen LogP contribution in [0.15, 0.2) is 12.3 Å². The van der Waals surface area contributed by atoms with Crippen LogP contribution in [0.25, 0.3) is 0 Å². The van der Waals surface area contributed by atoms with Crippen LogP contribution in [0, 0.1) is 0 Å². The van der Waals surface area contributed by atoms with Crippen molar-refractivity contribution in [3.05, 3.63) is 18.0 Å². The number of nitrogens with zero attached hydrogens (tertiary/aromatic N) is 2. The summed E-state index contributed by atoms with van der Waals surface area (Å²) in [6.07, 6.45) is 12.3. The molecule has 1 heterocycles. The van der Waals surface area contributed by atoms with Gasteiger partial charge in [0.25, 0.3) is 0 Å². The molecule has 0 saturated heterocycles. The van der Waals surface area contributed by atoms with Crippen molar-refractivity contribution in [3.63, 3.8) is 0 Å². The Morgan fingerprint density at radius 1 is 1.42 bits per heavy atom. The highest BCUT2D eigenvalue weighted by molar-refractivity contribution is 7.99. The lowest BCUT2D eigenvalue weighted by molar-refractivity contribution is 0.327. The van der Waals surface area contributed by atoms with Crippen molar-refractivity contribution in [3.8, 4) is 0 Å². The Labute approximate surface area is 121 Å². The van der Waals surface area contributed by atoms with Crippen molar-refractivity contribution in [1.29, 1.82) is 0 Å². The second-order valence-electron chi connectivity index (χ2n) is 5.59. The van der Waals surface area contributed by atoms with E-state index in [1.807, 2.05) is 11.8 Å². The molecule has 0 aliphatic heterocycles. The maximum Gasteiger partial charge on any atom is 0.0762 e. The molecule has 4 heteroatoms. The summed E-state index contributed by atoms with van der Waals surface area (Å²) in [7, 11) is 0. The van der Waals surface area contributed by atoms with E-state index in [1.54, 1.807) is 0 Å². The molecule has 1 saturated carbocycles. The molecule has 1 aromatic heterocycles. The molecule has 1 aliphatic carbocycles. The highest BCUT2D eigenvalue weighted by atomic mass is 32.2. The molecule has 0 bridgehead atoms. The molecule has 108 valence electrons. The van der Waals surface area contributed by atoms with Crippen molar-refractivity contribution < 1.29 is 0 Å². The van der Waals surface area contributed by atoms with Gasteiger partial charge in [0.1, 0.15) is 0 Å². The van der Waals surface area contributed by atoms with Crippen LogP contribution in [0.5, 0.6) is 0 Å². The summed E-state index contributed by atoms with van der Waals surface area (Å²) in [6, 6.07) is 2.82. The molecule has 0 spiro atoms. The molecular weight excluding hydrogens is 254 g/mol. The van der Waals surface area contributed by atoms with Crippen molar-refractivity contribution in [2.24, 2.45) is 0 Å². The predicted molar refractivity (Wildman–Crippen MR) is 83.6 cm³/mol. The molecule has 0 amide bonds. The van der Waals surface area contributed by atoms with Crippen LogP contribution in [-0.4, -0.2) is 27.8 Å². The lowest BCUT2D eigenvalue weighted by Gasteiger charge is -2.21. The largest absolute Gasteiger partial charge is 0.311 e. The third kappa shape index (κ3) is 4.84. The smallest absolute Gasteiger partial charge is 0.0762 e. The first-order valence-corrected chi connectivity index (χ1v) is 8.86. The quantitative estimate of drug-likeness (QED) is 0.774. The summed E-state index contributed by atoms with van der Waals surface area (Å²) in [4.78, 5) is 0. The number of aromatic nitrogens is 2. The van der Waals surface area contributed by atoms with Crippen LogP contribution in [0.4, 0.5) is 0 Å². The van der Waals surface area contributed by atoms with Crippen molar-refractivity contribution in [2.75, 3.05) is 12.8 Å². The summed E-state index contributed by atoms with van der Waals surface area (Å²) in [6.45, 7) is 4.27. The SMILES string of the molecule is CSC(C)CCNCc1ccn(C2CCCCC2)n1. The van der Waals surface area contributed by atoms with E-state index < -0.39 is 0 Å². The Bertz CT molecular complexity index is 358. The lowest BCUT2D eigenvalue weighted by atomic mass is 9.96. The van der Waals surface area contributed by atoms with E-state index in [1.165, 1.54) is 44.2 Å². The fourth-order valence-electron chi connectivity index (χ4n) is 2.66. The third-order valence-electron chi connectivity index (χ3n) is 4.05. The van der Waals surface area contributed by atoms with Gasteiger partial charge in [0.05, 0.1) is 11.7 Å². The molecule has 3 nitrogen and oxygen atoms in total. The molecule has 19 heavy (non-hydrogen) atoms. The first-order valence-electron chi connectivity index (χ1n) is 7.57. The Kier molecular flexibility index (Phi) is 6.24. The average Bonchev–Trinajstić information content (AvgIpc) is 2.93. The predicted octanol–water partition coefficient (Wildman–Crippen LogP) is 3.62. The van der Waals surface area contributed by atoms with E-state index in [2.05, 4.69) is 35.4 Å². The minimum atomic E-state index is 0.652. The molecule has 1 fully saturated rings. The Balaban J connectivity index is 1.71. The van der Waals surface area contributed by atoms with E-state index in [-0.39, 0.29) is 0 Å². The van der Waals surface area contributed by atoms with Gasteiger partial charge in [-0.15, -0.1) is 0 Å². The summed E-state index contributed by atoms with van der Waals surface area (Å²) in [5, 5.41) is 8.96. The summed E-state index contributed by atoms with van der Waals surface area (Å²) >= 11 is 1.93. The molecule has 0 radical (unpaired) electrons. The third-order valence-corrected chi connectivity index (χ3v) is 5.09. The van der Waals surface area contributed by atoms with Crippen molar-refractivity contribution in [2.45, 2.75) is 63.3 Å². The minimum absolute atomic E-state index is 0.652. The van der Waals surface area contributed by atoms with Crippen LogP contribution in [0.1, 0.15) is 57.2 Å². The van der Waals surface area contributed by atoms with Gasteiger partial charge in [-0.2, -0.15) is 16.9 Å². The Morgan fingerprint density at radius 3 is 2.95 bits per heavy atom. The zero-order valence-electron chi connectivity index (χ0n) is 12.3. The van der Waals surface area contributed by atoms with Gasteiger partial charge in [-0.25, -0.2) is 0 Å². The maximum absolute atomic E-state index is 4.72. The summed E-state index contributed by atoms with van der Waals surface area (Å²) in [5.74, 6) is 0. The van der Waals surface area contributed by atoms with E-state index >= 15 is 0 Å². The fourth-order valence-corrected chi connectivity index (χ4v) is 3.01. The van der Waals surface area contributed by atoms with Crippen LogP contribution in [-0.2, 0) is 6.54 Å². The zero-order valence-corrected chi connectivity index (χ0v) is 13.1. The molecule has 1 aromatic rings. The number of hydrogen-bond donors (Lipinski definition) is 1. The number of thioether (sulfide) groups is 1. The molecule has 1 atom stereocenters. The second-order valence-corrected chi connectivity index (χ2v) is 6.87. The molecule has 1 N–H and O–H groups in total. The van der Waals surface area contributed by atoms with E-state index in [4.69, 9.17) is 5.10 Å². The first-order chi connectivity index (χ1) is 9.29. The number of nitrogens with one attached hydrogen (secondary N) is 1.